The molecule has 4 nitrogen and oxygen atoms in total. The Morgan fingerprint density at radius 1 is 0.500 bits per heavy atom. The molecule has 1 saturated heterocycles. The Labute approximate surface area is 453 Å². The number of nitrogens with zero attached hydrogens (tertiary/aromatic N) is 2. The van der Waals surface area contributed by atoms with Gasteiger partial charge < -0.3 is 9.80 Å². The molecule has 4 fully saturated rings. The molecule has 0 aromatic heterocycles. The van der Waals surface area contributed by atoms with Gasteiger partial charge in [-0.05, 0) is 141 Å². The van der Waals surface area contributed by atoms with Crippen LogP contribution in [0.5, 0.6) is 11.5 Å². The van der Waals surface area contributed by atoms with Gasteiger partial charge in [0.15, 0.2) is 0 Å². The quantitative estimate of drug-likeness (QED) is 0.0849. The average molecular weight is 1230 g/mol. The first-order chi connectivity index (χ1) is 33.5. The summed E-state index contributed by atoms with van der Waals surface area (Å²) in [6, 6.07) is 24.7. The van der Waals surface area contributed by atoms with Gasteiger partial charge in [0, 0.05) is 32.4 Å². The summed E-state index contributed by atoms with van der Waals surface area (Å²) in [6.45, 7) is 25.5. The summed E-state index contributed by atoms with van der Waals surface area (Å²) in [4.78, 5) is 4.81. The molecule has 0 atom stereocenters. The Balaban J connectivity index is 0.000000178. The van der Waals surface area contributed by atoms with E-state index in [2.05, 4.69) is 82.3 Å². The normalized spacial score (nSPS) is 17.2. The number of ether oxygens (including phenoxy) is 2. The van der Waals surface area contributed by atoms with Crippen molar-refractivity contribution in [3.8, 4) is 11.5 Å². The van der Waals surface area contributed by atoms with Crippen LogP contribution in [-0.2, 0) is 27.0 Å². The molecule has 1 aliphatic heterocycles. The van der Waals surface area contributed by atoms with Gasteiger partial charge in [-0.2, -0.15) is 6.67 Å². The van der Waals surface area contributed by atoms with Crippen LogP contribution in [0.25, 0.3) is 0 Å². The molecule has 0 N–H and O–H groups in total. The van der Waals surface area contributed by atoms with Crippen LogP contribution in [0.1, 0.15) is 169 Å². The molecule has 3 saturated carbocycles. The van der Waals surface area contributed by atoms with Gasteiger partial charge in [0.05, 0.1) is 17.0 Å². The summed E-state index contributed by atoms with van der Waals surface area (Å²) in [5, 5.41) is 0. The molecule has 11 heteroatoms. The zero-order valence-electron chi connectivity index (χ0n) is 44.0. The molecule has 0 radical (unpaired) electrons. The molecule has 3 aliphatic carbocycles. The number of para-hydroxylation sites is 2. The van der Waals surface area contributed by atoms with E-state index in [0.29, 0.717) is 0 Å². The van der Waals surface area contributed by atoms with Crippen LogP contribution in [0, 0.1) is 48.2 Å². The minimum absolute atomic E-state index is 0.0465. The van der Waals surface area contributed by atoms with E-state index in [4.69, 9.17) is 48.2 Å². The molecule has 0 unspecified atom stereocenters. The van der Waals surface area contributed by atoms with Gasteiger partial charge in [-0.25, -0.2) is 0 Å². The van der Waals surface area contributed by atoms with Crippen LogP contribution < -0.4 is 19.3 Å². The monoisotopic (exact) mass is 1230 g/mol. The summed E-state index contributed by atoms with van der Waals surface area (Å²) >= 11 is -3.54. The molecule has 8 rings (SSSR count). The zero-order valence-corrected chi connectivity index (χ0v) is 51.5. The maximum absolute atomic E-state index is 5.82. The minimum atomic E-state index is -1.77. The summed E-state index contributed by atoms with van der Waals surface area (Å²) in [6.07, 6.45) is 24.1. The zero-order chi connectivity index (χ0) is 50.7. The van der Waals surface area contributed by atoms with Gasteiger partial charge in [-0.1, -0.05) is 54.7 Å². The van der Waals surface area contributed by atoms with E-state index in [0.717, 1.165) is 35.7 Å². The van der Waals surface area contributed by atoms with E-state index in [-0.39, 0.29) is 20.1 Å². The van der Waals surface area contributed by atoms with Gasteiger partial charge in [-0.15, -0.1) is 0 Å². The largest absolute Gasteiger partial charge is 0.502 e. The molecule has 1 heterocycles. The predicted molar refractivity (Wildman–Crippen MR) is 307 cm³/mol. The molecule has 4 aliphatic rings. The second-order valence-electron chi connectivity index (χ2n) is 20.5. The number of halogens is 4. The SMILES string of the molecule is C1CCC([PH+](C2CCCCC2)C2CCCCC2)CC1.CC(C)Oc1ccccc1[CH]=[Ru]([Cl])[Cl].CC(C)Oc1ccccc1[CH]=[Ru]([Cl])[Cl].Cc1cc(C)c(N2[CH-]N(c3c(C)cc(C)cc3C)CC2)c(C)c1. The maximum Gasteiger partial charge on any atom is 0.0146 e. The van der Waals surface area contributed by atoms with Crippen molar-refractivity contribution in [1.82, 2.24) is 0 Å². The molecule has 0 spiro atoms. The van der Waals surface area contributed by atoms with E-state index in [1.807, 2.05) is 85.4 Å². The molecular formula is C59H85Cl4N2O2PRu2. The number of hydrogen-bond acceptors (Lipinski definition) is 4. The Morgan fingerprint density at radius 3 is 1.09 bits per heavy atom. The van der Waals surface area contributed by atoms with Crippen molar-refractivity contribution in [2.45, 2.75) is 195 Å². The molecular weight excluding hydrogens is 1140 g/mol. The Hall–Kier alpha value is -1.34. The van der Waals surface area contributed by atoms with E-state index >= 15 is 0 Å². The Bertz CT molecular complexity index is 2060. The molecule has 4 aromatic carbocycles. The van der Waals surface area contributed by atoms with Crippen molar-refractivity contribution >= 4 is 67.3 Å². The third kappa shape index (κ3) is 19.4. The number of anilines is 2. The van der Waals surface area contributed by atoms with Crippen LogP contribution in [0.4, 0.5) is 11.4 Å². The van der Waals surface area contributed by atoms with Crippen LogP contribution in [0.15, 0.2) is 72.8 Å². The summed E-state index contributed by atoms with van der Waals surface area (Å²) in [5.74, 6) is 1.70. The van der Waals surface area contributed by atoms with E-state index < -0.39 is 27.0 Å². The first-order valence-electron chi connectivity index (χ1n) is 26.1. The molecule has 4 aromatic rings. The first-order valence-corrected chi connectivity index (χ1v) is 38.8. The van der Waals surface area contributed by atoms with Crippen molar-refractivity contribution in [3.63, 3.8) is 0 Å². The van der Waals surface area contributed by atoms with Crippen molar-refractivity contribution in [1.29, 1.82) is 0 Å². The second kappa shape index (κ2) is 30.9. The minimum Gasteiger partial charge on any atom is -0.502 e. The number of hydrogen-bond donors (Lipinski definition) is 0. The van der Waals surface area contributed by atoms with Crippen LogP contribution in [0.3, 0.4) is 0 Å². The van der Waals surface area contributed by atoms with Crippen molar-refractivity contribution in [2.75, 3.05) is 22.9 Å². The fourth-order valence-corrected chi connectivity index (χ4v) is 20.3. The van der Waals surface area contributed by atoms with E-state index in [1.54, 1.807) is 96.3 Å². The van der Waals surface area contributed by atoms with E-state index in [1.165, 1.54) is 61.7 Å². The maximum atomic E-state index is 5.82. The average Bonchev–Trinajstić information content (AvgIpc) is 3.77. The third-order valence-corrected chi connectivity index (χ3v) is 22.1. The second-order valence-corrected chi connectivity index (χ2v) is 35.4. The fraction of sp³-hybridized carbons (Fsp3) is 0.542. The van der Waals surface area contributed by atoms with Crippen LogP contribution in [0.2, 0.25) is 0 Å². The molecule has 0 amide bonds. The number of aryl methyl sites for hydroxylation is 6. The topological polar surface area (TPSA) is 24.9 Å². The van der Waals surface area contributed by atoms with Gasteiger partial charge in [0.2, 0.25) is 0 Å². The summed E-state index contributed by atoms with van der Waals surface area (Å²) in [5.41, 5.74) is 16.5. The van der Waals surface area contributed by atoms with Crippen molar-refractivity contribution < 1.29 is 36.5 Å². The van der Waals surface area contributed by atoms with Gasteiger partial charge in [-0.3, -0.25) is 0 Å². The van der Waals surface area contributed by atoms with Gasteiger partial charge >= 0.3 is 196 Å². The molecule has 0 bridgehead atoms. The third-order valence-electron chi connectivity index (χ3n) is 13.9. The van der Waals surface area contributed by atoms with Crippen molar-refractivity contribution in [3.05, 3.63) is 124 Å². The molecule has 392 valence electrons. The number of rotatable bonds is 11. The first kappa shape index (κ1) is 59.5. The van der Waals surface area contributed by atoms with Crippen molar-refractivity contribution in [2.24, 2.45) is 0 Å². The smallest absolute Gasteiger partial charge is 0.0146 e. The standard InChI is InChI=1S/C21H27N2.C18H33P.2C10H12O.4ClH.2Ru/c1-14-9-16(3)20(17(4)10-14)22-7-8-23(13-22)21-18(5)11-15(2)12-19(21)6;1-4-10-16(11-5-1)19(17-12-6-2-7-13-17)18-14-8-3-9-15-18;2*1-8(2)11-10-7-5-4-6-9(10)3;;;;;;/h9-13H,7-8H2,1-6H3;16-18H,1-15H2;2*3-8H,1-2H3;4*1H;;/q-1;;;;;;;;2*+2/p-3. The molecule has 70 heavy (non-hydrogen) atoms. The summed E-state index contributed by atoms with van der Waals surface area (Å²) < 4.78 is 15.0. The Morgan fingerprint density at radius 2 is 0.800 bits per heavy atom. The van der Waals surface area contributed by atoms with Gasteiger partial charge in [0.1, 0.15) is 0 Å². The predicted octanol–water partition coefficient (Wildman–Crippen LogP) is 18.3. The van der Waals surface area contributed by atoms with E-state index in [9.17, 15) is 0 Å². The fourth-order valence-electron chi connectivity index (χ4n) is 11.4. The Kier molecular flexibility index (Phi) is 26.3. The summed E-state index contributed by atoms with van der Waals surface area (Å²) in [7, 11) is 23.2. The van der Waals surface area contributed by atoms with Crippen LogP contribution >= 0.6 is 46.7 Å². The number of benzene rings is 4. The van der Waals surface area contributed by atoms with Crippen LogP contribution in [-0.4, -0.2) is 51.5 Å². The van der Waals surface area contributed by atoms with Gasteiger partial charge in [0.25, 0.3) is 0 Å².